The zero-order valence-corrected chi connectivity index (χ0v) is 25.9. The zero-order valence-electron chi connectivity index (χ0n) is 23.2. The molecule has 5 rings (SSSR count). The Morgan fingerprint density at radius 1 is 0.870 bits per heavy atom. The molecule has 2 aromatic carbocycles. The maximum Gasteiger partial charge on any atom is 0.488 e. The molecule has 3 heterocycles. The van der Waals surface area contributed by atoms with E-state index >= 15 is 0 Å². The number of nitrogens with one attached hydrogen (secondary N) is 1. The quantitative estimate of drug-likeness (QED) is 0.113. The van der Waals surface area contributed by atoms with Crippen molar-refractivity contribution in [2.75, 3.05) is 6.61 Å². The average molecular weight is 705 g/mol. The van der Waals surface area contributed by atoms with Crippen molar-refractivity contribution in [1.82, 2.24) is 9.55 Å². The topological polar surface area (TPSA) is 265 Å². The molecule has 2 saturated heterocycles. The van der Waals surface area contributed by atoms with E-state index in [0.717, 1.165) is 46.7 Å². The molecule has 248 valence electrons. The molecule has 2 fully saturated rings. The van der Waals surface area contributed by atoms with Crippen molar-refractivity contribution < 1.29 is 60.7 Å². The highest BCUT2D eigenvalue weighted by Crippen LogP contribution is 2.68. The molecular formula is C24H26N3O16P3. The number of ether oxygens (including phenoxy) is 3. The summed E-state index contributed by atoms with van der Waals surface area (Å²) in [5, 5.41) is 10.8. The molecule has 0 amide bonds. The summed E-state index contributed by atoms with van der Waals surface area (Å²) >= 11 is 0. The number of non-ortho nitro benzene ring substituents is 1. The average Bonchev–Trinajstić information content (AvgIpc) is 3.50. The Labute approximate surface area is 258 Å². The largest absolute Gasteiger partial charge is 0.488 e. The summed E-state index contributed by atoms with van der Waals surface area (Å²) in [6.07, 6.45) is -4.72. The smallest absolute Gasteiger partial charge is 0.346 e. The van der Waals surface area contributed by atoms with Gasteiger partial charge in [0.2, 0.25) is 0 Å². The Hall–Kier alpha value is -3.15. The van der Waals surface area contributed by atoms with Gasteiger partial charge in [-0.05, 0) is 11.1 Å². The van der Waals surface area contributed by atoms with Gasteiger partial charge in [0.25, 0.3) is 11.2 Å². The monoisotopic (exact) mass is 705 g/mol. The predicted octanol–water partition coefficient (Wildman–Crippen LogP) is 2.33. The summed E-state index contributed by atoms with van der Waals surface area (Å²) in [5.41, 5.74) is -0.975. The molecule has 19 nitrogen and oxygen atoms in total. The lowest BCUT2D eigenvalue weighted by Crippen LogP contribution is -2.36. The van der Waals surface area contributed by atoms with Crippen molar-refractivity contribution >= 4 is 28.9 Å². The first-order chi connectivity index (χ1) is 21.6. The van der Waals surface area contributed by atoms with Crippen LogP contribution in [0.1, 0.15) is 17.4 Å². The number of hydrogen-bond acceptors (Lipinski definition) is 13. The summed E-state index contributed by atoms with van der Waals surface area (Å²) in [5.74, 6) is 0. The van der Waals surface area contributed by atoms with Gasteiger partial charge in [-0.25, -0.2) is 18.2 Å². The first-order valence-electron chi connectivity index (χ1n) is 13.2. The number of nitro groups is 1. The van der Waals surface area contributed by atoms with E-state index in [-0.39, 0.29) is 17.7 Å². The third-order valence-electron chi connectivity index (χ3n) is 6.64. The lowest BCUT2D eigenvalue weighted by atomic mass is 10.1. The van der Waals surface area contributed by atoms with Crippen LogP contribution in [-0.2, 0) is 53.6 Å². The van der Waals surface area contributed by atoms with Crippen LogP contribution in [0.2, 0.25) is 0 Å². The first-order valence-corrected chi connectivity index (χ1v) is 17.9. The number of nitro benzene ring substituents is 1. The fourth-order valence-electron chi connectivity index (χ4n) is 4.77. The second-order valence-corrected chi connectivity index (χ2v) is 15.0. The Morgan fingerprint density at radius 3 is 2.20 bits per heavy atom. The molecular weight excluding hydrogens is 679 g/mol. The number of benzene rings is 2. The Kier molecular flexibility index (Phi) is 10.1. The van der Waals surface area contributed by atoms with Crippen molar-refractivity contribution in [2.45, 2.75) is 43.4 Å². The van der Waals surface area contributed by atoms with Crippen LogP contribution < -0.4 is 11.2 Å². The van der Waals surface area contributed by atoms with Crippen LogP contribution in [-0.4, -0.2) is 60.4 Å². The van der Waals surface area contributed by atoms with Crippen molar-refractivity contribution in [2.24, 2.45) is 0 Å². The molecule has 5 unspecified atom stereocenters. The van der Waals surface area contributed by atoms with Crippen molar-refractivity contribution in [3.63, 3.8) is 0 Å². The summed E-state index contributed by atoms with van der Waals surface area (Å²) < 4.78 is 69.6. The molecule has 0 saturated carbocycles. The van der Waals surface area contributed by atoms with E-state index in [1.54, 1.807) is 12.1 Å². The number of phosphoric ester groups is 1. The lowest BCUT2D eigenvalue weighted by molar-refractivity contribution is -0.384. The highest BCUT2D eigenvalue weighted by molar-refractivity contribution is 7.68. The van der Waals surface area contributed by atoms with Crippen LogP contribution >= 0.6 is 23.2 Å². The number of phosphoric acid groups is 2. The van der Waals surface area contributed by atoms with E-state index in [1.807, 2.05) is 18.2 Å². The molecule has 2 aliphatic heterocycles. The predicted molar refractivity (Wildman–Crippen MR) is 153 cm³/mol. The van der Waals surface area contributed by atoms with Gasteiger partial charge in [0.15, 0.2) is 12.5 Å². The van der Waals surface area contributed by atoms with E-state index < -0.39 is 83.0 Å². The molecule has 1 aromatic heterocycles. The van der Waals surface area contributed by atoms with E-state index in [0.29, 0.717) is 0 Å². The second-order valence-electron chi connectivity index (χ2n) is 10.0. The van der Waals surface area contributed by atoms with Crippen LogP contribution in [0.25, 0.3) is 0 Å². The second kappa shape index (κ2) is 13.5. The van der Waals surface area contributed by atoms with Crippen LogP contribution in [0.4, 0.5) is 5.69 Å². The number of aromatic nitrogens is 2. The van der Waals surface area contributed by atoms with Crippen molar-refractivity contribution in [1.29, 1.82) is 0 Å². The standard InChI is InChI=1S/C24H26N3O16P3/c28-19-10-11-26(24(29)25-19)23-22-21(40-20(41-22)12-15-4-2-1-3-5-15)18(39-23)13-38-45(34,35)43-46(36,37)42-44(32,33)14-16-6-8-17(9-7-16)27(30)31/h1-11,18,20-23H,12-14H2,(H,32,33)(H,34,35)(H,36,37)(H,25,28,29)/t18-,20?,21+,22?,23-/m1/s1. The molecule has 2 aliphatic rings. The van der Waals surface area contributed by atoms with Crippen LogP contribution in [0.3, 0.4) is 0 Å². The summed E-state index contributed by atoms with van der Waals surface area (Å²) in [6, 6.07) is 14.4. The van der Waals surface area contributed by atoms with Gasteiger partial charge >= 0.3 is 28.9 Å². The van der Waals surface area contributed by atoms with Gasteiger partial charge in [-0.3, -0.25) is 33.5 Å². The van der Waals surface area contributed by atoms with E-state index in [1.165, 1.54) is 0 Å². The minimum atomic E-state index is -5.74. The van der Waals surface area contributed by atoms with Crippen LogP contribution in [0.15, 0.2) is 76.4 Å². The lowest BCUT2D eigenvalue weighted by Gasteiger charge is -2.22. The minimum Gasteiger partial charge on any atom is -0.346 e. The van der Waals surface area contributed by atoms with Gasteiger partial charge in [-0.2, -0.15) is 4.31 Å². The van der Waals surface area contributed by atoms with Gasteiger partial charge in [0.05, 0.1) is 17.7 Å². The zero-order chi connectivity index (χ0) is 33.3. The molecule has 3 aromatic rings. The van der Waals surface area contributed by atoms with Gasteiger partial charge in [0.1, 0.15) is 18.3 Å². The summed E-state index contributed by atoms with van der Waals surface area (Å²) in [4.78, 5) is 66.4. The number of rotatable bonds is 13. The molecule has 0 bridgehead atoms. The van der Waals surface area contributed by atoms with Gasteiger partial charge in [0, 0.05) is 30.8 Å². The summed E-state index contributed by atoms with van der Waals surface area (Å²) in [7, 11) is -16.3. The van der Waals surface area contributed by atoms with Crippen molar-refractivity contribution in [3.05, 3.63) is 109 Å². The third kappa shape index (κ3) is 8.60. The minimum absolute atomic E-state index is 0.00769. The first kappa shape index (κ1) is 34.2. The van der Waals surface area contributed by atoms with Gasteiger partial charge in [-0.1, -0.05) is 42.5 Å². The summed E-state index contributed by atoms with van der Waals surface area (Å²) in [6.45, 7) is -0.829. The number of fused-ring (bicyclic) bond motifs is 1. The van der Waals surface area contributed by atoms with E-state index in [2.05, 4.69) is 13.6 Å². The normalized spacial score (nSPS) is 26.5. The molecule has 46 heavy (non-hydrogen) atoms. The number of nitrogens with zero attached hydrogens (tertiary/aromatic N) is 2. The Bertz CT molecular complexity index is 1830. The van der Waals surface area contributed by atoms with E-state index in [4.69, 9.17) is 18.7 Å². The number of aromatic amines is 1. The van der Waals surface area contributed by atoms with E-state index in [9.17, 15) is 48.1 Å². The number of H-pyrrole nitrogens is 1. The third-order valence-corrected chi connectivity index (χ3v) is 11.4. The molecule has 22 heteroatoms. The Morgan fingerprint density at radius 2 is 1.54 bits per heavy atom. The maximum atomic E-state index is 12.6. The SMILES string of the molecule is O=c1ccn([C@@H]2O[C@H](COP(=O)(O)OP(=O)(O)OP(=O)(O)Cc3ccc([N+](=O)[O-])cc3)[C@@H]3OC(Cc4ccccc4)OC32)c(=O)[nH]1. The van der Waals surface area contributed by atoms with Crippen molar-refractivity contribution in [3.8, 4) is 0 Å². The molecule has 0 aliphatic carbocycles. The highest BCUT2D eigenvalue weighted by Gasteiger charge is 2.54. The highest BCUT2D eigenvalue weighted by atomic mass is 31.3. The molecule has 0 radical (unpaired) electrons. The van der Waals surface area contributed by atoms with Gasteiger partial charge < -0.3 is 28.9 Å². The Balaban J connectivity index is 1.25. The number of hydrogen-bond donors (Lipinski definition) is 4. The fourth-order valence-corrected chi connectivity index (χ4v) is 8.92. The molecule has 4 N–H and O–H groups in total. The molecule has 0 spiro atoms. The fraction of sp³-hybridized carbons (Fsp3) is 0.333. The van der Waals surface area contributed by atoms with Gasteiger partial charge in [-0.15, -0.1) is 0 Å². The maximum absolute atomic E-state index is 12.6. The molecule has 8 atom stereocenters. The van der Waals surface area contributed by atoms with Crippen LogP contribution in [0, 0.1) is 10.1 Å². The van der Waals surface area contributed by atoms with Crippen LogP contribution in [0.5, 0.6) is 0 Å².